The van der Waals surface area contributed by atoms with Gasteiger partial charge in [-0.2, -0.15) is 0 Å². The molecule has 2 N–H and O–H groups in total. The highest BCUT2D eigenvalue weighted by atomic mass is 15.3. The lowest BCUT2D eigenvalue weighted by molar-refractivity contribution is 0.674. The van der Waals surface area contributed by atoms with E-state index in [0.29, 0.717) is 5.84 Å². The number of benzene rings is 7. The van der Waals surface area contributed by atoms with Crippen LogP contribution in [0.15, 0.2) is 198 Å². The third kappa shape index (κ3) is 6.06. The molecule has 0 spiro atoms. The fraction of sp³-hybridized carbons (Fsp3) is 0.0435. The predicted molar refractivity (Wildman–Crippen MR) is 211 cm³/mol. The Hall–Kier alpha value is -6.72. The minimum absolute atomic E-state index is 0.0122. The van der Waals surface area contributed by atoms with Gasteiger partial charge in [0, 0.05) is 16.8 Å². The molecule has 2 atom stereocenters. The number of fused-ring (bicyclic) bond motifs is 1. The molecule has 5 heteroatoms. The summed E-state index contributed by atoms with van der Waals surface area (Å²) >= 11 is 0. The van der Waals surface area contributed by atoms with Crippen molar-refractivity contribution in [2.75, 3.05) is 10.2 Å². The molecular formula is C46H35N5. The number of anilines is 3. The average molecular weight is 658 g/mol. The summed E-state index contributed by atoms with van der Waals surface area (Å²) in [5.74, 6) is 1.51. The monoisotopic (exact) mass is 657 g/mol. The molecule has 0 fully saturated rings. The van der Waals surface area contributed by atoms with Crippen molar-refractivity contribution in [1.29, 1.82) is 0 Å². The number of nitrogens with zero attached hydrogens (tertiary/aromatic N) is 3. The molecule has 0 saturated carbocycles. The van der Waals surface area contributed by atoms with E-state index in [1.165, 1.54) is 22.4 Å². The molecule has 2 unspecified atom stereocenters. The highest BCUT2D eigenvalue weighted by molar-refractivity contribution is 6.13. The molecule has 0 aliphatic carbocycles. The summed E-state index contributed by atoms with van der Waals surface area (Å²) in [5.41, 5.74) is 12.4. The van der Waals surface area contributed by atoms with Crippen LogP contribution in [0.1, 0.15) is 34.6 Å². The van der Waals surface area contributed by atoms with Crippen LogP contribution in [0.2, 0.25) is 0 Å². The Morgan fingerprint density at radius 2 is 1.00 bits per heavy atom. The van der Waals surface area contributed by atoms with Crippen LogP contribution in [0.4, 0.5) is 17.1 Å². The lowest BCUT2D eigenvalue weighted by Crippen LogP contribution is -2.33. The molecule has 0 amide bonds. The summed E-state index contributed by atoms with van der Waals surface area (Å²) in [6.45, 7) is 0. The molecule has 51 heavy (non-hydrogen) atoms. The van der Waals surface area contributed by atoms with Crippen molar-refractivity contribution in [3.05, 3.63) is 210 Å². The average Bonchev–Trinajstić information content (AvgIpc) is 3.62. The van der Waals surface area contributed by atoms with Crippen molar-refractivity contribution in [2.24, 2.45) is 9.98 Å². The molecular weight excluding hydrogens is 623 g/mol. The van der Waals surface area contributed by atoms with Gasteiger partial charge in [-0.3, -0.25) is 0 Å². The third-order valence-electron chi connectivity index (χ3n) is 9.55. The van der Waals surface area contributed by atoms with Gasteiger partial charge in [0.1, 0.15) is 18.2 Å². The molecule has 244 valence electrons. The van der Waals surface area contributed by atoms with Crippen LogP contribution >= 0.6 is 0 Å². The first-order chi connectivity index (χ1) is 25.3. The topological polar surface area (TPSA) is 52.0 Å². The van der Waals surface area contributed by atoms with Gasteiger partial charge in [0.25, 0.3) is 0 Å². The van der Waals surface area contributed by atoms with Crippen molar-refractivity contribution in [3.8, 4) is 22.3 Å². The van der Waals surface area contributed by atoms with E-state index in [1.807, 2.05) is 24.3 Å². The fourth-order valence-corrected chi connectivity index (χ4v) is 6.95. The Morgan fingerprint density at radius 1 is 0.431 bits per heavy atom. The highest BCUT2D eigenvalue weighted by Crippen LogP contribution is 2.46. The van der Waals surface area contributed by atoms with E-state index < -0.39 is 0 Å². The maximum atomic E-state index is 5.13. The Kier molecular flexibility index (Phi) is 7.91. The van der Waals surface area contributed by atoms with Gasteiger partial charge in [0.05, 0.1) is 11.4 Å². The Morgan fingerprint density at radius 3 is 1.75 bits per heavy atom. The number of rotatable bonds is 7. The van der Waals surface area contributed by atoms with E-state index in [4.69, 9.17) is 9.98 Å². The van der Waals surface area contributed by atoms with E-state index in [1.54, 1.807) is 0 Å². The van der Waals surface area contributed by atoms with E-state index in [2.05, 4.69) is 179 Å². The van der Waals surface area contributed by atoms with Crippen molar-refractivity contribution in [1.82, 2.24) is 5.32 Å². The van der Waals surface area contributed by atoms with Crippen molar-refractivity contribution < 1.29 is 0 Å². The van der Waals surface area contributed by atoms with Crippen molar-refractivity contribution in [2.45, 2.75) is 12.3 Å². The second-order valence-corrected chi connectivity index (χ2v) is 12.8. The van der Waals surface area contributed by atoms with Crippen LogP contribution in [-0.2, 0) is 0 Å². The van der Waals surface area contributed by atoms with Crippen molar-refractivity contribution >= 4 is 28.7 Å². The minimum atomic E-state index is -0.304. The van der Waals surface area contributed by atoms with Gasteiger partial charge >= 0.3 is 0 Å². The lowest BCUT2D eigenvalue weighted by atomic mass is 9.99. The molecule has 2 aliphatic heterocycles. The largest absolute Gasteiger partial charge is 0.359 e. The van der Waals surface area contributed by atoms with Gasteiger partial charge in [0.2, 0.25) is 0 Å². The first-order valence-electron chi connectivity index (χ1n) is 17.3. The number of para-hydroxylation sites is 3. The summed E-state index contributed by atoms with van der Waals surface area (Å²) < 4.78 is 0. The molecule has 7 aromatic carbocycles. The Balaban J connectivity index is 1.01. The fourth-order valence-electron chi connectivity index (χ4n) is 6.95. The summed E-state index contributed by atoms with van der Waals surface area (Å²) in [5, 5.41) is 7.40. The molecule has 7 aromatic rings. The Labute approximate surface area is 298 Å². The molecule has 9 rings (SSSR count). The zero-order chi connectivity index (χ0) is 34.0. The van der Waals surface area contributed by atoms with E-state index >= 15 is 0 Å². The molecule has 5 nitrogen and oxygen atoms in total. The number of aliphatic imine (C=N–C) groups is 2. The smallest absolute Gasteiger partial charge is 0.159 e. The molecule has 2 aliphatic rings. The van der Waals surface area contributed by atoms with Gasteiger partial charge in [-0.15, -0.1) is 0 Å². The third-order valence-corrected chi connectivity index (χ3v) is 9.55. The second kappa shape index (κ2) is 13.3. The predicted octanol–water partition coefficient (Wildman–Crippen LogP) is 10.8. The molecule has 0 bridgehead atoms. The number of nitrogens with one attached hydrogen (secondary N) is 2. The quantitative estimate of drug-likeness (QED) is 0.179. The molecule has 0 radical (unpaired) electrons. The summed E-state index contributed by atoms with van der Waals surface area (Å²) in [6, 6.07) is 65.8. The van der Waals surface area contributed by atoms with E-state index in [-0.39, 0.29) is 12.3 Å². The van der Waals surface area contributed by atoms with E-state index in [0.717, 1.165) is 45.0 Å². The summed E-state index contributed by atoms with van der Waals surface area (Å²) in [4.78, 5) is 12.5. The normalized spacial score (nSPS) is 16.4. The van der Waals surface area contributed by atoms with Crippen LogP contribution in [0.3, 0.4) is 0 Å². The highest BCUT2D eigenvalue weighted by Gasteiger charge is 2.31. The van der Waals surface area contributed by atoms with Crippen molar-refractivity contribution in [3.63, 3.8) is 0 Å². The number of amidine groups is 2. The van der Waals surface area contributed by atoms with Crippen LogP contribution in [0.25, 0.3) is 22.3 Å². The maximum absolute atomic E-state index is 5.13. The lowest BCUT2D eigenvalue weighted by Gasteiger charge is -2.27. The maximum Gasteiger partial charge on any atom is 0.159 e. The van der Waals surface area contributed by atoms with Gasteiger partial charge < -0.3 is 15.5 Å². The van der Waals surface area contributed by atoms with Gasteiger partial charge in [-0.1, -0.05) is 158 Å². The SMILES string of the molecule is c1ccc(C2=NC(c3cccc(-c4ccc(C5Nc6ccccc6N5c5ccccc5)cc4)c3)NC(c3ccc(-c4ccccc4)cc3)=N2)cc1. The number of hydrogen-bond acceptors (Lipinski definition) is 5. The zero-order valence-electron chi connectivity index (χ0n) is 27.9. The van der Waals surface area contributed by atoms with Gasteiger partial charge in [0.15, 0.2) is 5.84 Å². The molecule has 0 aromatic heterocycles. The molecule has 0 saturated heterocycles. The van der Waals surface area contributed by atoms with E-state index in [9.17, 15) is 0 Å². The van der Waals surface area contributed by atoms with Gasteiger partial charge in [-0.25, -0.2) is 9.98 Å². The summed E-state index contributed by atoms with van der Waals surface area (Å²) in [6.07, 6.45) is -0.316. The summed E-state index contributed by atoms with van der Waals surface area (Å²) in [7, 11) is 0. The van der Waals surface area contributed by atoms with Crippen LogP contribution in [-0.4, -0.2) is 11.7 Å². The molecule has 2 heterocycles. The standard InChI is InChI=1S/C46H35N5/c1-4-13-32(14-5-1)33-23-27-36(28-24-33)44-48-43(35-15-6-2-7-16-35)49-45(50-44)39-18-12-17-38(31-39)34-25-29-37(30-26-34)46-47-41-21-10-11-22-42(41)51(46)40-19-8-3-9-20-40/h1-31,45-47H,(H,48,49,50). The Bertz CT molecular complexity index is 2350. The minimum Gasteiger partial charge on any atom is -0.359 e. The van der Waals surface area contributed by atoms with Crippen LogP contribution in [0, 0.1) is 0 Å². The van der Waals surface area contributed by atoms with Gasteiger partial charge in [-0.05, 0) is 63.7 Å². The number of hydrogen-bond donors (Lipinski definition) is 2. The van der Waals surface area contributed by atoms with Crippen LogP contribution < -0.4 is 15.5 Å². The first kappa shape index (κ1) is 30.3. The van der Waals surface area contributed by atoms with Crippen LogP contribution in [0.5, 0.6) is 0 Å². The first-order valence-corrected chi connectivity index (χ1v) is 17.3. The second-order valence-electron chi connectivity index (χ2n) is 12.8. The zero-order valence-corrected chi connectivity index (χ0v) is 27.9.